The molecule has 9 rings (SSSR count). The second-order valence-corrected chi connectivity index (χ2v) is 10.9. The van der Waals surface area contributed by atoms with Crippen LogP contribution in [0.25, 0.3) is 88.0 Å². The molecule has 0 atom stereocenters. The van der Waals surface area contributed by atoms with E-state index in [4.69, 9.17) is 4.42 Å². The molecule has 5 aromatic carbocycles. The third-order valence-corrected chi connectivity index (χ3v) is 8.51. The maximum atomic E-state index is 6.49. The van der Waals surface area contributed by atoms with Gasteiger partial charge in [-0.2, -0.15) is 0 Å². The molecule has 0 spiro atoms. The first kappa shape index (κ1) is 23.8. The number of para-hydroxylation sites is 1. The van der Waals surface area contributed by atoms with Gasteiger partial charge < -0.3 is 4.42 Å². The molecule has 4 heterocycles. The lowest BCUT2D eigenvalue weighted by molar-refractivity contribution is 0.632. The van der Waals surface area contributed by atoms with E-state index in [0.717, 1.165) is 61.1 Å². The number of furan rings is 1. The van der Waals surface area contributed by atoms with Crippen molar-refractivity contribution in [3.05, 3.63) is 140 Å². The molecule has 0 aliphatic carbocycles. The second-order valence-electron chi connectivity index (χ2n) is 10.9. The summed E-state index contributed by atoms with van der Waals surface area (Å²) in [6.45, 7) is 0. The summed E-state index contributed by atoms with van der Waals surface area (Å²) < 4.78 is 6.49. The molecule has 4 aromatic heterocycles. The van der Waals surface area contributed by atoms with Gasteiger partial charge in [-0.3, -0.25) is 15.0 Å². The van der Waals surface area contributed by atoms with Crippen LogP contribution in [-0.2, 0) is 0 Å². The Bertz CT molecular complexity index is 2340. The van der Waals surface area contributed by atoms with Gasteiger partial charge in [0.05, 0.1) is 0 Å². The Morgan fingerprint density at radius 1 is 0.419 bits per heavy atom. The lowest BCUT2D eigenvalue weighted by atomic mass is 9.83. The molecule has 4 nitrogen and oxygen atoms in total. The average molecular weight is 550 g/mol. The number of nitrogens with zero attached hydrogens (tertiary/aromatic N) is 3. The lowest BCUT2D eigenvalue weighted by Gasteiger charge is -2.20. The van der Waals surface area contributed by atoms with Gasteiger partial charge in [0.1, 0.15) is 11.3 Å². The van der Waals surface area contributed by atoms with Gasteiger partial charge in [0.2, 0.25) is 0 Å². The van der Waals surface area contributed by atoms with Crippen molar-refractivity contribution in [1.29, 1.82) is 0 Å². The van der Waals surface area contributed by atoms with Crippen molar-refractivity contribution in [3.63, 3.8) is 0 Å². The predicted octanol–water partition coefficient (Wildman–Crippen LogP) is 10.2. The van der Waals surface area contributed by atoms with Crippen molar-refractivity contribution >= 4 is 43.3 Å². The summed E-state index contributed by atoms with van der Waals surface area (Å²) in [7, 11) is 0. The summed E-state index contributed by atoms with van der Waals surface area (Å²) in [6, 6.07) is 36.3. The zero-order valence-electron chi connectivity index (χ0n) is 23.0. The highest BCUT2D eigenvalue weighted by atomic mass is 16.3. The molecule has 0 radical (unpaired) electrons. The summed E-state index contributed by atoms with van der Waals surface area (Å²) in [5, 5.41) is 8.23. The number of rotatable bonds is 4. The van der Waals surface area contributed by atoms with Gasteiger partial charge in [-0.25, -0.2) is 0 Å². The largest absolute Gasteiger partial charge is 0.456 e. The monoisotopic (exact) mass is 549 g/mol. The van der Waals surface area contributed by atoms with Crippen molar-refractivity contribution in [3.8, 4) is 44.7 Å². The van der Waals surface area contributed by atoms with Gasteiger partial charge in [-0.1, -0.05) is 60.7 Å². The fourth-order valence-electron chi connectivity index (χ4n) is 6.59. The summed E-state index contributed by atoms with van der Waals surface area (Å²) in [4.78, 5) is 13.4. The van der Waals surface area contributed by atoms with E-state index in [1.165, 1.54) is 26.9 Å². The second kappa shape index (κ2) is 9.33. The van der Waals surface area contributed by atoms with Crippen LogP contribution in [0, 0.1) is 0 Å². The van der Waals surface area contributed by atoms with Crippen LogP contribution in [-0.4, -0.2) is 15.0 Å². The topological polar surface area (TPSA) is 51.8 Å². The smallest absolute Gasteiger partial charge is 0.136 e. The molecule has 0 saturated heterocycles. The van der Waals surface area contributed by atoms with Crippen LogP contribution < -0.4 is 0 Å². The average Bonchev–Trinajstić information content (AvgIpc) is 3.52. The van der Waals surface area contributed by atoms with Gasteiger partial charge >= 0.3 is 0 Å². The molecule has 0 N–H and O–H groups in total. The molecule has 43 heavy (non-hydrogen) atoms. The third-order valence-electron chi connectivity index (χ3n) is 8.51. The molecule has 0 amide bonds. The fraction of sp³-hybridized carbons (Fsp3) is 0. The van der Waals surface area contributed by atoms with Crippen LogP contribution in [0.5, 0.6) is 0 Å². The Kier molecular flexibility index (Phi) is 5.16. The Morgan fingerprint density at radius 2 is 0.884 bits per heavy atom. The summed E-state index contributed by atoms with van der Waals surface area (Å²) in [5.41, 5.74) is 8.58. The first-order valence-corrected chi connectivity index (χ1v) is 14.3. The van der Waals surface area contributed by atoms with Gasteiger partial charge in [0.25, 0.3) is 0 Å². The molecular formula is C39H23N3O. The predicted molar refractivity (Wildman–Crippen MR) is 175 cm³/mol. The first-order chi connectivity index (χ1) is 21.3. The molecule has 0 aliphatic heterocycles. The molecule has 0 aliphatic rings. The summed E-state index contributed by atoms with van der Waals surface area (Å²) in [6.07, 6.45) is 11.3. The minimum absolute atomic E-state index is 0.851. The molecule has 4 heteroatoms. The molecule has 0 fully saturated rings. The third kappa shape index (κ3) is 3.67. The standard InChI is InChI=1S/C39H23N3O/c1-2-10-36-24(6-1)18-37(43-36)35-20-34(27-9-5-17-42-23-27)30-12-11-28-32(25-7-3-15-40-21-25)19-33(26-8-4-16-41-22-26)29-13-14-31(35)39(30)38(28)29/h1-23H. The van der Waals surface area contributed by atoms with Crippen molar-refractivity contribution in [2.45, 2.75) is 0 Å². The number of pyridine rings is 3. The van der Waals surface area contributed by atoms with E-state index >= 15 is 0 Å². The number of fused-ring (bicyclic) bond motifs is 1. The Balaban J connectivity index is 1.48. The van der Waals surface area contributed by atoms with E-state index < -0.39 is 0 Å². The Labute approximate surface area is 247 Å². The highest BCUT2D eigenvalue weighted by molar-refractivity contribution is 6.31. The molecule has 0 unspecified atom stereocenters. The summed E-state index contributed by atoms with van der Waals surface area (Å²) >= 11 is 0. The molecular weight excluding hydrogens is 526 g/mol. The van der Waals surface area contributed by atoms with Crippen LogP contribution >= 0.6 is 0 Å². The van der Waals surface area contributed by atoms with Crippen molar-refractivity contribution in [2.75, 3.05) is 0 Å². The Morgan fingerprint density at radius 3 is 1.35 bits per heavy atom. The molecule has 0 saturated carbocycles. The zero-order valence-corrected chi connectivity index (χ0v) is 23.0. The van der Waals surface area contributed by atoms with E-state index in [1.54, 1.807) is 0 Å². The van der Waals surface area contributed by atoms with Crippen LogP contribution in [0.2, 0.25) is 0 Å². The highest BCUT2D eigenvalue weighted by Gasteiger charge is 2.22. The minimum Gasteiger partial charge on any atom is -0.456 e. The van der Waals surface area contributed by atoms with Crippen LogP contribution in [0.1, 0.15) is 0 Å². The number of benzene rings is 5. The van der Waals surface area contributed by atoms with Gasteiger partial charge in [0, 0.05) is 64.8 Å². The first-order valence-electron chi connectivity index (χ1n) is 14.3. The van der Waals surface area contributed by atoms with E-state index in [2.05, 4.69) is 81.7 Å². The fourth-order valence-corrected chi connectivity index (χ4v) is 6.59. The van der Waals surface area contributed by atoms with Crippen molar-refractivity contribution in [1.82, 2.24) is 15.0 Å². The molecule has 0 bridgehead atoms. The summed E-state index contributed by atoms with van der Waals surface area (Å²) in [5.74, 6) is 0.851. The van der Waals surface area contributed by atoms with E-state index in [9.17, 15) is 0 Å². The van der Waals surface area contributed by atoms with Crippen molar-refractivity contribution in [2.24, 2.45) is 0 Å². The van der Waals surface area contributed by atoms with E-state index in [-0.39, 0.29) is 0 Å². The van der Waals surface area contributed by atoms with Gasteiger partial charge in [0.15, 0.2) is 0 Å². The minimum atomic E-state index is 0.851. The normalized spacial score (nSPS) is 11.7. The van der Waals surface area contributed by atoms with Crippen LogP contribution in [0.4, 0.5) is 0 Å². The van der Waals surface area contributed by atoms with Crippen molar-refractivity contribution < 1.29 is 4.42 Å². The number of hydrogen-bond acceptors (Lipinski definition) is 4. The number of aromatic nitrogens is 3. The molecule has 9 aromatic rings. The van der Waals surface area contributed by atoms with Crippen LogP contribution in [0.15, 0.2) is 145 Å². The highest BCUT2D eigenvalue weighted by Crippen LogP contribution is 2.48. The lowest BCUT2D eigenvalue weighted by Crippen LogP contribution is -1.94. The van der Waals surface area contributed by atoms with Gasteiger partial charge in [-0.05, 0) is 91.5 Å². The Hall–Kier alpha value is -5.87. The molecule has 200 valence electrons. The SMILES string of the molecule is c1cncc(-c2cc(-c3cccnc3)c3ccc4c(-c5cc6ccccc6o5)cc(-c5cccnc5)c5ccc2c3c54)c1. The maximum absolute atomic E-state index is 6.49. The van der Waals surface area contributed by atoms with E-state index in [0.29, 0.717) is 0 Å². The maximum Gasteiger partial charge on any atom is 0.136 e. The van der Waals surface area contributed by atoms with Gasteiger partial charge in [-0.15, -0.1) is 0 Å². The number of hydrogen-bond donors (Lipinski definition) is 0. The van der Waals surface area contributed by atoms with E-state index in [1.807, 2.05) is 73.6 Å². The quantitative estimate of drug-likeness (QED) is 0.205. The van der Waals surface area contributed by atoms with Crippen LogP contribution in [0.3, 0.4) is 0 Å². The zero-order chi connectivity index (χ0) is 28.3.